The van der Waals surface area contributed by atoms with Crippen molar-refractivity contribution >= 4 is 40.9 Å². The summed E-state index contributed by atoms with van der Waals surface area (Å²) in [5.74, 6) is 1.41. The molecule has 1 fully saturated rings. The number of benzene rings is 2. The van der Waals surface area contributed by atoms with E-state index in [4.69, 9.17) is 4.74 Å². The summed E-state index contributed by atoms with van der Waals surface area (Å²) in [6.45, 7) is 4.83. The summed E-state index contributed by atoms with van der Waals surface area (Å²) in [7, 11) is 3.60. The average molecular weight is 494 g/mol. The first kappa shape index (κ1) is 24.9. The van der Waals surface area contributed by atoms with Crippen molar-refractivity contribution < 1.29 is 9.53 Å². The molecule has 1 saturated heterocycles. The highest BCUT2D eigenvalue weighted by atomic mass is 32.2. The lowest BCUT2D eigenvalue weighted by atomic mass is 10.1. The van der Waals surface area contributed by atoms with Crippen molar-refractivity contribution in [2.24, 2.45) is 0 Å². The van der Waals surface area contributed by atoms with Gasteiger partial charge in [0.05, 0.1) is 6.61 Å². The number of amides is 1. The lowest BCUT2D eigenvalue weighted by Crippen LogP contribution is -2.49. The van der Waals surface area contributed by atoms with E-state index in [2.05, 4.69) is 30.2 Å². The number of rotatable bonds is 10. The van der Waals surface area contributed by atoms with Crippen molar-refractivity contribution in [2.75, 3.05) is 64.1 Å². The highest BCUT2D eigenvalue weighted by Crippen LogP contribution is 2.23. The molecule has 0 spiro atoms. The molecule has 1 aromatic heterocycles. The molecule has 1 aliphatic rings. The molecule has 10 heteroatoms. The zero-order chi connectivity index (χ0) is 24.5. The summed E-state index contributed by atoms with van der Waals surface area (Å²) in [5, 5.41) is 6.59. The maximum Gasteiger partial charge on any atom is 0.253 e. The van der Waals surface area contributed by atoms with Gasteiger partial charge in [-0.2, -0.15) is 0 Å². The molecular weight excluding hydrogens is 462 g/mol. The summed E-state index contributed by atoms with van der Waals surface area (Å²) >= 11 is 1.55. The number of anilines is 4. The molecule has 0 atom stereocenters. The number of carbonyl (C=O) groups excluding carboxylic acids is 1. The molecule has 0 saturated carbocycles. The lowest BCUT2D eigenvalue weighted by Gasteiger charge is -2.34. The van der Waals surface area contributed by atoms with Gasteiger partial charge in [-0.05, 0) is 61.5 Å². The van der Waals surface area contributed by atoms with Crippen LogP contribution in [-0.4, -0.2) is 79.2 Å². The van der Waals surface area contributed by atoms with Gasteiger partial charge >= 0.3 is 0 Å². The first-order valence-corrected chi connectivity index (χ1v) is 12.4. The third kappa shape index (κ3) is 7.15. The zero-order valence-electron chi connectivity index (χ0n) is 20.0. The van der Waals surface area contributed by atoms with Crippen LogP contribution in [0.2, 0.25) is 0 Å². The summed E-state index contributed by atoms with van der Waals surface area (Å²) in [5.41, 5.74) is 2.48. The van der Waals surface area contributed by atoms with E-state index in [9.17, 15) is 4.79 Å². The van der Waals surface area contributed by atoms with Crippen molar-refractivity contribution in [3.8, 4) is 0 Å². The van der Waals surface area contributed by atoms with Crippen LogP contribution in [0.4, 0.5) is 23.0 Å². The highest BCUT2D eigenvalue weighted by Gasteiger charge is 2.21. The third-order valence-electron chi connectivity index (χ3n) is 5.67. The van der Waals surface area contributed by atoms with Crippen LogP contribution in [0.3, 0.4) is 0 Å². The van der Waals surface area contributed by atoms with Crippen LogP contribution in [0.5, 0.6) is 0 Å². The minimum absolute atomic E-state index is 0.0649. The quantitative estimate of drug-likeness (QED) is 0.366. The number of hydrogen-bond donors (Lipinski definition) is 3. The predicted molar refractivity (Wildman–Crippen MR) is 141 cm³/mol. The number of piperazine rings is 1. The lowest BCUT2D eigenvalue weighted by molar-refractivity contribution is 0.0594. The van der Waals surface area contributed by atoms with Crippen molar-refractivity contribution in [1.29, 1.82) is 0 Å². The predicted octanol–water partition coefficient (Wildman–Crippen LogP) is 3.59. The van der Waals surface area contributed by atoms with Gasteiger partial charge in [0.1, 0.15) is 18.0 Å². The van der Waals surface area contributed by atoms with Gasteiger partial charge in [0.2, 0.25) is 0 Å². The molecule has 2 heterocycles. The van der Waals surface area contributed by atoms with Crippen LogP contribution in [0, 0.1) is 0 Å². The summed E-state index contributed by atoms with van der Waals surface area (Å²) < 4.78 is 8.22. The molecule has 4 rings (SSSR count). The van der Waals surface area contributed by atoms with Crippen molar-refractivity contribution in [1.82, 2.24) is 24.5 Å². The molecule has 2 aromatic carbocycles. The Labute approximate surface area is 210 Å². The molecule has 1 aliphatic heterocycles. The Morgan fingerprint density at radius 3 is 2.37 bits per heavy atom. The first-order chi connectivity index (χ1) is 17.1. The molecule has 0 bridgehead atoms. The molecule has 3 N–H and O–H groups in total. The zero-order valence-corrected chi connectivity index (χ0v) is 20.8. The maximum absolute atomic E-state index is 12.9. The molecule has 1 amide bonds. The number of carbonyl (C=O) groups is 1. The molecule has 184 valence electrons. The summed E-state index contributed by atoms with van der Waals surface area (Å²) in [6, 6.07) is 17.4. The van der Waals surface area contributed by atoms with E-state index in [-0.39, 0.29) is 5.91 Å². The number of nitrogens with one attached hydrogen (secondary N) is 3. The molecule has 35 heavy (non-hydrogen) atoms. The van der Waals surface area contributed by atoms with Crippen molar-refractivity contribution in [2.45, 2.75) is 4.90 Å². The van der Waals surface area contributed by atoms with E-state index in [1.54, 1.807) is 19.1 Å². The van der Waals surface area contributed by atoms with Crippen LogP contribution < -0.4 is 15.4 Å². The number of nitrogens with zero attached hydrogens (tertiary/aromatic N) is 4. The van der Waals surface area contributed by atoms with E-state index in [1.165, 1.54) is 6.33 Å². The summed E-state index contributed by atoms with van der Waals surface area (Å²) in [6.07, 6.45) is 1.51. The van der Waals surface area contributed by atoms with E-state index in [1.807, 2.05) is 66.5 Å². The van der Waals surface area contributed by atoms with Crippen LogP contribution >= 0.6 is 11.9 Å². The van der Waals surface area contributed by atoms with E-state index in [0.717, 1.165) is 55.6 Å². The molecule has 0 aliphatic carbocycles. The minimum Gasteiger partial charge on any atom is -0.383 e. The molecule has 0 unspecified atom stereocenters. The van der Waals surface area contributed by atoms with E-state index < -0.39 is 0 Å². The molecule has 3 aromatic rings. The molecular formula is C25H31N7O2S. The van der Waals surface area contributed by atoms with Gasteiger partial charge in [-0.25, -0.2) is 9.97 Å². The fourth-order valence-electron chi connectivity index (χ4n) is 3.82. The van der Waals surface area contributed by atoms with Crippen molar-refractivity contribution in [3.63, 3.8) is 0 Å². The Kier molecular flexibility index (Phi) is 8.90. The SMILES string of the molecule is CNSc1cccc(Nc2cc(Nc3ccc(C(=O)N4CCN(CCOC)CC4)cc3)ncn2)c1. The monoisotopic (exact) mass is 493 g/mol. The topological polar surface area (TPSA) is 94.7 Å². The van der Waals surface area contributed by atoms with Gasteiger partial charge in [0, 0.05) is 67.7 Å². The summed E-state index contributed by atoms with van der Waals surface area (Å²) in [4.78, 5) is 26.9. The standard InChI is InChI=1S/C25H31N7O2S/c1-26-35-22-5-3-4-21(16-22)30-24-17-23(27-18-28-24)29-20-8-6-19(7-9-20)25(33)32-12-10-31(11-13-32)14-15-34-2/h3-9,16-18,26H,10-15H2,1-2H3,(H2,27,28,29,30). The van der Waals surface area contributed by atoms with Crippen LogP contribution in [0.15, 0.2) is 65.8 Å². The number of methoxy groups -OCH3 is 1. The van der Waals surface area contributed by atoms with Crippen LogP contribution in [0.25, 0.3) is 0 Å². The Bertz CT molecular complexity index is 1100. The normalized spacial score (nSPS) is 14.1. The number of hydrogen-bond acceptors (Lipinski definition) is 9. The van der Waals surface area contributed by atoms with Crippen LogP contribution in [0.1, 0.15) is 10.4 Å². The van der Waals surface area contributed by atoms with Gasteiger partial charge in [-0.15, -0.1) is 0 Å². The smallest absolute Gasteiger partial charge is 0.253 e. The fourth-order valence-corrected chi connectivity index (χ4v) is 4.39. The van der Waals surface area contributed by atoms with E-state index >= 15 is 0 Å². The van der Waals surface area contributed by atoms with Gasteiger partial charge in [0.15, 0.2) is 0 Å². The Hall–Kier alpha value is -3.18. The third-order valence-corrected chi connectivity index (χ3v) is 6.36. The van der Waals surface area contributed by atoms with Gasteiger partial charge < -0.3 is 20.3 Å². The number of ether oxygens (including phenoxy) is 1. The highest BCUT2D eigenvalue weighted by molar-refractivity contribution is 7.97. The maximum atomic E-state index is 12.9. The largest absolute Gasteiger partial charge is 0.383 e. The second-order valence-electron chi connectivity index (χ2n) is 8.08. The molecule has 0 radical (unpaired) electrons. The second-order valence-corrected chi connectivity index (χ2v) is 9.16. The van der Waals surface area contributed by atoms with Crippen LogP contribution in [-0.2, 0) is 4.74 Å². The molecule has 9 nitrogen and oxygen atoms in total. The number of aromatic nitrogens is 2. The minimum atomic E-state index is 0.0649. The van der Waals surface area contributed by atoms with E-state index in [0.29, 0.717) is 17.2 Å². The van der Waals surface area contributed by atoms with Gasteiger partial charge in [-0.3, -0.25) is 14.4 Å². The van der Waals surface area contributed by atoms with Gasteiger partial charge in [0.25, 0.3) is 5.91 Å². The fraction of sp³-hybridized carbons (Fsp3) is 0.320. The Balaban J connectivity index is 1.33. The Morgan fingerprint density at radius 1 is 0.971 bits per heavy atom. The second kappa shape index (κ2) is 12.5. The van der Waals surface area contributed by atoms with Gasteiger partial charge in [-0.1, -0.05) is 6.07 Å². The first-order valence-electron chi connectivity index (χ1n) is 11.5. The Morgan fingerprint density at radius 2 is 1.69 bits per heavy atom. The van der Waals surface area contributed by atoms with Crippen molar-refractivity contribution in [3.05, 3.63) is 66.5 Å². The average Bonchev–Trinajstić information content (AvgIpc) is 2.88.